The molecule has 0 radical (unpaired) electrons. The Labute approximate surface area is 137 Å². The number of rotatable bonds is 4. The number of carbonyl (C=O) groups excluding carboxylic acids is 1. The molecule has 0 unspecified atom stereocenters. The van der Waals surface area contributed by atoms with Gasteiger partial charge in [-0.2, -0.15) is 0 Å². The van der Waals surface area contributed by atoms with E-state index in [4.69, 9.17) is 23.2 Å². The van der Waals surface area contributed by atoms with Crippen molar-refractivity contribution in [1.82, 2.24) is 4.90 Å². The molecule has 0 bridgehead atoms. The molecular weight excluding hydrogens is 305 g/mol. The second-order valence-corrected chi connectivity index (χ2v) is 7.22. The number of hydrogen-bond donors (Lipinski definition) is 0. The van der Waals surface area contributed by atoms with E-state index in [9.17, 15) is 4.79 Å². The molecule has 1 saturated carbocycles. The van der Waals surface area contributed by atoms with E-state index in [-0.39, 0.29) is 11.3 Å². The second-order valence-electron chi connectivity index (χ2n) is 6.41. The van der Waals surface area contributed by atoms with Crippen molar-refractivity contribution in [2.75, 3.05) is 14.1 Å². The summed E-state index contributed by atoms with van der Waals surface area (Å²) in [6.45, 7) is 2.26. The lowest BCUT2D eigenvalue weighted by Gasteiger charge is -2.43. The fraction of sp³-hybridized carbons (Fsp3) is 0.588. The first-order valence-electron chi connectivity index (χ1n) is 7.50. The summed E-state index contributed by atoms with van der Waals surface area (Å²) in [5.41, 5.74) is 0.389. The Morgan fingerprint density at radius 1 is 1.24 bits per heavy atom. The lowest BCUT2D eigenvalue weighted by molar-refractivity contribution is -0.131. The highest BCUT2D eigenvalue weighted by Crippen LogP contribution is 2.37. The Morgan fingerprint density at radius 3 is 2.24 bits per heavy atom. The molecule has 0 aliphatic heterocycles. The molecule has 0 heterocycles. The molecule has 0 N–H and O–H groups in total. The standard InChI is InChI=1S/C17H23Cl2NO/c1-12-7-9-17(10-8-12,20(2)3)16(21)11-13-14(18)5-4-6-15(13)19/h4-6,12H,7-11H2,1-3H3. The van der Waals surface area contributed by atoms with Crippen LogP contribution in [0.25, 0.3) is 0 Å². The number of carbonyl (C=O) groups is 1. The number of benzene rings is 1. The van der Waals surface area contributed by atoms with E-state index in [0.29, 0.717) is 22.4 Å². The van der Waals surface area contributed by atoms with E-state index in [2.05, 4.69) is 11.8 Å². The minimum Gasteiger partial charge on any atom is -0.297 e. The van der Waals surface area contributed by atoms with Gasteiger partial charge in [0, 0.05) is 16.5 Å². The van der Waals surface area contributed by atoms with Crippen LogP contribution in [0.1, 0.15) is 38.2 Å². The Bertz CT molecular complexity index is 499. The minimum atomic E-state index is -0.366. The van der Waals surface area contributed by atoms with Crippen LogP contribution in [0.15, 0.2) is 18.2 Å². The van der Waals surface area contributed by atoms with Crippen LogP contribution in [0.2, 0.25) is 10.0 Å². The third kappa shape index (κ3) is 3.44. The van der Waals surface area contributed by atoms with Gasteiger partial charge in [0.25, 0.3) is 0 Å². The predicted molar refractivity (Wildman–Crippen MR) is 89.2 cm³/mol. The maximum atomic E-state index is 13.0. The van der Waals surface area contributed by atoms with Gasteiger partial charge in [-0.05, 0) is 63.4 Å². The monoisotopic (exact) mass is 327 g/mol. The molecule has 1 aromatic rings. The van der Waals surface area contributed by atoms with Crippen LogP contribution in [-0.2, 0) is 11.2 Å². The maximum Gasteiger partial charge on any atom is 0.157 e. The van der Waals surface area contributed by atoms with Crippen molar-refractivity contribution in [3.8, 4) is 0 Å². The molecule has 0 aromatic heterocycles. The van der Waals surface area contributed by atoms with Gasteiger partial charge in [-0.25, -0.2) is 0 Å². The smallest absolute Gasteiger partial charge is 0.157 e. The highest BCUT2D eigenvalue weighted by molar-refractivity contribution is 6.36. The third-order valence-corrected chi connectivity index (χ3v) is 5.58. The van der Waals surface area contributed by atoms with Crippen LogP contribution in [0.3, 0.4) is 0 Å². The van der Waals surface area contributed by atoms with Crippen molar-refractivity contribution in [2.45, 2.75) is 44.6 Å². The first kappa shape index (κ1) is 16.8. The van der Waals surface area contributed by atoms with Crippen LogP contribution in [0, 0.1) is 5.92 Å². The van der Waals surface area contributed by atoms with E-state index >= 15 is 0 Å². The van der Waals surface area contributed by atoms with E-state index in [0.717, 1.165) is 31.2 Å². The molecule has 4 heteroatoms. The third-order valence-electron chi connectivity index (χ3n) is 4.88. The zero-order valence-electron chi connectivity index (χ0n) is 13.0. The Balaban J connectivity index is 2.24. The Kier molecular flexibility index (Phi) is 5.34. The van der Waals surface area contributed by atoms with Gasteiger partial charge in [-0.3, -0.25) is 9.69 Å². The summed E-state index contributed by atoms with van der Waals surface area (Å²) in [7, 11) is 4.00. The predicted octanol–water partition coefficient (Wildman–Crippen LogP) is 4.62. The number of nitrogens with zero attached hydrogens (tertiary/aromatic N) is 1. The van der Waals surface area contributed by atoms with Gasteiger partial charge in [0.15, 0.2) is 5.78 Å². The SMILES string of the molecule is CC1CCC(C(=O)Cc2c(Cl)cccc2Cl)(N(C)C)CC1. The number of halogens is 2. The summed E-state index contributed by atoms with van der Waals surface area (Å²) in [5, 5.41) is 1.16. The van der Waals surface area contributed by atoms with Crippen molar-refractivity contribution in [2.24, 2.45) is 5.92 Å². The lowest BCUT2D eigenvalue weighted by Crippen LogP contribution is -2.53. The normalized spacial score (nSPS) is 26.1. The quantitative estimate of drug-likeness (QED) is 0.804. The highest BCUT2D eigenvalue weighted by atomic mass is 35.5. The van der Waals surface area contributed by atoms with Crippen molar-refractivity contribution >= 4 is 29.0 Å². The van der Waals surface area contributed by atoms with E-state index in [1.54, 1.807) is 12.1 Å². The Hall–Kier alpha value is -0.570. The van der Waals surface area contributed by atoms with E-state index in [1.807, 2.05) is 20.2 Å². The van der Waals surface area contributed by atoms with Gasteiger partial charge in [0.05, 0.1) is 5.54 Å². The zero-order chi connectivity index (χ0) is 15.6. The summed E-state index contributed by atoms with van der Waals surface area (Å²) in [6.07, 6.45) is 4.34. The van der Waals surface area contributed by atoms with Gasteiger partial charge >= 0.3 is 0 Å². The molecule has 2 nitrogen and oxygen atoms in total. The van der Waals surface area contributed by atoms with Gasteiger partial charge < -0.3 is 0 Å². The average molecular weight is 328 g/mol. The number of ketones is 1. The topological polar surface area (TPSA) is 20.3 Å². The summed E-state index contributed by atoms with van der Waals surface area (Å²) < 4.78 is 0. The molecule has 1 aliphatic carbocycles. The van der Waals surface area contributed by atoms with Crippen molar-refractivity contribution in [3.05, 3.63) is 33.8 Å². The molecule has 1 aliphatic rings. The first-order chi connectivity index (χ1) is 9.86. The molecule has 0 spiro atoms. The van der Waals surface area contributed by atoms with Crippen LogP contribution >= 0.6 is 23.2 Å². The van der Waals surface area contributed by atoms with Gasteiger partial charge in [-0.15, -0.1) is 0 Å². The second kappa shape index (κ2) is 6.68. The van der Waals surface area contributed by atoms with Crippen LogP contribution < -0.4 is 0 Å². The Morgan fingerprint density at radius 2 is 1.76 bits per heavy atom. The highest BCUT2D eigenvalue weighted by Gasteiger charge is 2.42. The van der Waals surface area contributed by atoms with E-state index in [1.165, 1.54) is 0 Å². The maximum absolute atomic E-state index is 13.0. The van der Waals surface area contributed by atoms with Crippen LogP contribution in [0.4, 0.5) is 0 Å². The number of likely N-dealkylation sites (N-methyl/N-ethyl adjacent to an activating group) is 1. The van der Waals surface area contributed by atoms with Gasteiger partial charge in [0.1, 0.15) is 0 Å². The fourth-order valence-corrected chi connectivity index (χ4v) is 3.77. The summed E-state index contributed by atoms with van der Waals surface area (Å²) in [6, 6.07) is 5.39. The largest absolute Gasteiger partial charge is 0.297 e. The van der Waals surface area contributed by atoms with Crippen LogP contribution in [0.5, 0.6) is 0 Å². The molecule has 0 atom stereocenters. The van der Waals surface area contributed by atoms with Gasteiger partial charge in [-0.1, -0.05) is 36.2 Å². The minimum absolute atomic E-state index is 0.231. The summed E-state index contributed by atoms with van der Waals surface area (Å²) in [4.78, 5) is 15.1. The average Bonchev–Trinajstić information content (AvgIpc) is 2.43. The molecule has 116 valence electrons. The molecule has 0 amide bonds. The van der Waals surface area contributed by atoms with Crippen molar-refractivity contribution in [1.29, 1.82) is 0 Å². The van der Waals surface area contributed by atoms with Crippen molar-refractivity contribution < 1.29 is 4.79 Å². The first-order valence-corrected chi connectivity index (χ1v) is 8.26. The molecule has 0 saturated heterocycles. The molecule has 2 rings (SSSR count). The fourth-order valence-electron chi connectivity index (χ4n) is 3.24. The van der Waals surface area contributed by atoms with Crippen LogP contribution in [-0.4, -0.2) is 30.3 Å². The summed E-state index contributed by atoms with van der Waals surface area (Å²) >= 11 is 12.4. The zero-order valence-corrected chi connectivity index (χ0v) is 14.5. The molecule has 1 aromatic carbocycles. The van der Waals surface area contributed by atoms with Gasteiger partial charge in [0.2, 0.25) is 0 Å². The molecule has 1 fully saturated rings. The van der Waals surface area contributed by atoms with E-state index < -0.39 is 0 Å². The number of Topliss-reactive ketones (excluding diaryl/α,β-unsaturated/α-hetero) is 1. The summed E-state index contributed by atoms with van der Waals surface area (Å²) in [5.74, 6) is 0.934. The molecule has 21 heavy (non-hydrogen) atoms. The lowest BCUT2D eigenvalue weighted by atomic mass is 9.72. The van der Waals surface area contributed by atoms with Crippen molar-refractivity contribution in [3.63, 3.8) is 0 Å². The molecular formula is C17H23Cl2NO. The number of hydrogen-bond acceptors (Lipinski definition) is 2.